The van der Waals surface area contributed by atoms with Crippen molar-refractivity contribution in [1.82, 2.24) is 9.97 Å². The summed E-state index contributed by atoms with van der Waals surface area (Å²) in [5.74, 6) is 1.15. The minimum Gasteiger partial charge on any atom is -0.368 e. The molecule has 4 nitrogen and oxygen atoms in total. The van der Waals surface area contributed by atoms with Crippen LogP contribution in [0.15, 0.2) is 30.3 Å². The van der Waals surface area contributed by atoms with Crippen LogP contribution in [-0.4, -0.2) is 16.5 Å². The summed E-state index contributed by atoms with van der Waals surface area (Å²) in [5.41, 5.74) is 8.94. The number of aromatic nitrogens is 2. The third kappa shape index (κ3) is 2.59. The Kier molecular flexibility index (Phi) is 3.46. The van der Waals surface area contributed by atoms with Gasteiger partial charge >= 0.3 is 0 Å². The zero-order valence-electron chi connectivity index (χ0n) is 11.0. The molecule has 0 saturated heterocycles. The van der Waals surface area contributed by atoms with E-state index in [0.717, 1.165) is 23.7 Å². The van der Waals surface area contributed by atoms with Gasteiger partial charge in [-0.3, -0.25) is 0 Å². The summed E-state index contributed by atoms with van der Waals surface area (Å²) in [6.45, 7) is 6.92. The topological polar surface area (TPSA) is 55.0 Å². The Bertz CT molecular complexity index is 514. The van der Waals surface area contributed by atoms with E-state index in [1.165, 1.54) is 5.56 Å². The van der Waals surface area contributed by atoms with Gasteiger partial charge in [-0.05, 0) is 32.9 Å². The highest BCUT2D eigenvalue weighted by Gasteiger charge is 2.10. The summed E-state index contributed by atoms with van der Waals surface area (Å²) in [7, 11) is 0. The van der Waals surface area contributed by atoms with Gasteiger partial charge in [-0.15, -0.1) is 0 Å². The molecule has 4 heteroatoms. The number of anilines is 3. The molecule has 0 aliphatic carbocycles. The van der Waals surface area contributed by atoms with Crippen LogP contribution in [0.3, 0.4) is 0 Å². The molecule has 94 valence electrons. The van der Waals surface area contributed by atoms with Gasteiger partial charge in [0.15, 0.2) is 0 Å². The molecule has 0 radical (unpaired) electrons. The van der Waals surface area contributed by atoms with Gasteiger partial charge in [0.1, 0.15) is 5.82 Å². The molecule has 0 aliphatic rings. The number of nitrogens with two attached hydrogens (primary N) is 1. The normalized spacial score (nSPS) is 10.4. The Morgan fingerprint density at radius 3 is 2.33 bits per heavy atom. The third-order valence-corrected chi connectivity index (χ3v) is 2.80. The van der Waals surface area contributed by atoms with Crippen molar-refractivity contribution in [2.45, 2.75) is 20.8 Å². The van der Waals surface area contributed by atoms with Crippen molar-refractivity contribution in [1.29, 1.82) is 0 Å². The molecule has 0 saturated carbocycles. The van der Waals surface area contributed by atoms with Gasteiger partial charge in [0.05, 0.1) is 0 Å². The van der Waals surface area contributed by atoms with Crippen molar-refractivity contribution in [3.8, 4) is 0 Å². The molecule has 18 heavy (non-hydrogen) atoms. The van der Waals surface area contributed by atoms with Gasteiger partial charge in [-0.2, -0.15) is 4.98 Å². The van der Waals surface area contributed by atoms with Crippen LogP contribution in [0.4, 0.5) is 17.5 Å². The Hall–Kier alpha value is -2.10. The lowest BCUT2D eigenvalue weighted by Crippen LogP contribution is -2.18. The van der Waals surface area contributed by atoms with Crippen LogP contribution in [0.25, 0.3) is 0 Å². The van der Waals surface area contributed by atoms with E-state index in [1.807, 2.05) is 13.0 Å². The first kappa shape index (κ1) is 12.4. The fraction of sp³-hybridized carbons (Fsp3) is 0.286. The number of rotatable bonds is 3. The van der Waals surface area contributed by atoms with Crippen molar-refractivity contribution < 1.29 is 0 Å². The largest absolute Gasteiger partial charge is 0.368 e. The molecule has 0 atom stereocenters. The zero-order valence-corrected chi connectivity index (χ0v) is 11.0. The van der Waals surface area contributed by atoms with E-state index in [-0.39, 0.29) is 0 Å². The Balaban J connectivity index is 2.41. The monoisotopic (exact) mass is 242 g/mol. The van der Waals surface area contributed by atoms with Crippen LogP contribution < -0.4 is 10.6 Å². The highest BCUT2D eigenvalue weighted by Crippen LogP contribution is 2.24. The van der Waals surface area contributed by atoms with E-state index in [1.54, 1.807) is 0 Å². The summed E-state index contributed by atoms with van der Waals surface area (Å²) in [4.78, 5) is 10.5. The molecule has 0 aliphatic heterocycles. The van der Waals surface area contributed by atoms with Crippen LogP contribution in [-0.2, 0) is 0 Å². The lowest BCUT2D eigenvalue weighted by molar-refractivity contribution is 0.971. The number of hydrogen-bond acceptors (Lipinski definition) is 4. The van der Waals surface area contributed by atoms with E-state index in [0.29, 0.717) is 5.95 Å². The Morgan fingerprint density at radius 1 is 1.11 bits per heavy atom. The number of nitrogens with zero attached hydrogens (tertiary/aromatic N) is 3. The van der Waals surface area contributed by atoms with Crippen LogP contribution in [0.5, 0.6) is 0 Å². The van der Waals surface area contributed by atoms with E-state index < -0.39 is 0 Å². The molecule has 1 aromatic heterocycles. The van der Waals surface area contributed by atoms with Crippen LogP contribution in [0.1, 0.15) is 18.2 Å². The molecular weight excluding hydrogens is 224 g/mol. The predicted octanol–water partition coefficient (Wildman–Crippen LogP) is 2.83. The maximum absolute atomic E-state index is 5.71. The maximum Gasteiger partial charge on any atom is 0.222 e. The summed E-state index contributed by atoms with van der Waals surface area (Å²) in [6.07, 6.45) is 0. The fourth-order valence-corrected chi connectivity index (χ4v) is 1.91. The predicted molar refractivity (Wildman–Crippen MR) is 75.0 cm³/mol. The highest BCUT2D eigenvalue weighted by atomic mass is 15.2. The smallest absolute Gasteiger partial charge is 0.222 e. The maximum atomic E-state index is 5.71. The van der Waals surface area contributed by atoms with E-state index in [9.17, 15) is 0 Å². The molecular formula is C14H18N4. The molecule has 1 heterocycles. The average molecular weight is 242 g/mol. The second-order valence-electron chi connectivity index (χ2n) is 4.31. The number of hydrogen-bond donors (Lipinski definition) is 1. The average Bonchev–Trinajstić information content (AvgIpc) is 2.31. The molecule has 2 aromatic rings. The van der Waals surface area contributed by atoms with Crippen LogP contribution in [0.2, 0.25) is 0 Å². The van der Waals surface area contributed by atoms with Crippen LogP contribution in [0, 0.1) is 13.8 Å². The third-order valence-electron chi connectivity index (χ3n) is 2.80. The van der Waals surface area contributed by atoms with Crippen molar-refractivity contribution in [3.05, 3.63) is 41.6 Å². The molecule has 0 fully saturated rings. The second kappa shape index (κ2) is 5.04. The van der Waals surface area contributed by atoms with E-state index >= 15 is 0 Å². The van der Waals surface area contributed by atoms with Crippen molar-refractivity contribution in [3.63, 3.8) is 0 Å². The SMILES string of the molecule is CCN(c1ccc(C)cc1)c1cc(C)nc(N)n1. The van der Waals surface area contributed by atoms with E-state index in [2.05, 4.69) is 53.0 Å². The van der Waals surface area contributed by atoms with Gasteiger partial charge in [-0.25, -0.2) is 4.98 Å². The van der Waals surface area contributed by atoms with E-state index in [4.69, 9.17) is 5.73 Å². The summed E-state index contributed by atoms with van der Waals surface area (Å²) in [6, 6.07) is 10.3. The summed E-state index contributed by atoms with van der Waals surface area (Å²) in [5, 5.41) is 0. The van der Waals surface area contributed by atoms with Gasteiger partial charge in [-0.1, -0.05) is 17.7 Å². The lowest BCUT2D eigenvalue weighted by atomic mass is 10.2. The summed E-state index contributed by atoms with van der Waals surface area (Å²) >= 11 is 0. The lowest BCUT2D eigenvalue weighted by Gasteiger charge is -2.22. The minimum atomic E-state index is 0.315. The molecule has 0 spiro atoms. The fourth-order valence-electron chi connectivity index (χ4n) is 1.91. The Morgan fingerprint density at radius 2 is 1.78 bits per heavy atom. The molecule has 1 aromatic carbocycles. The summed E-state index contributed by atoms with van der Waals surface area (Å²) < 4.78 is 0. The molecule has 2 N–H and O–H groups in total. The van der Waals surface area contributed by atoms with Gasteiger partial charge < -0.3 is 10.6 Å². The second-order valence-corrected chi connectivity index (χ2v) is 4.31. The number of benzene rings is 1. The first-order valence-corrected chi connectivity index (χ1v) is 6.05. The number of aryl methyl sites for hydroxylation is 2. The zero-order chi connectivity index (χ0) is 13.1. The number of nitrogen functional groups attached to an aromatic ring is 1. The standard InChI is InChI=1S/C14H18N4/c1-4-18(12-7-5-10(2)6-8-12)13-9-11(3)16-14(15)17-13/h5-9H,4H2,1-3H3,(H2,15,16,17). The minimum absolute atomic E-state index is 0.315. The first-order chi connectivity index (χ1) is 8.60. The molecule has 0 amide bonds. The molecule has 0 unspecified atom stereocenters. The Labute approximate surface area is 107 Å². The molecule has 0 bridgehead atoms. The quantitative estimate of drug-likeness (QED) is 0.899. The van der Waals surface area contributed by atoms with Crippen molar-refractivity contribution in [2.75, 3.05) is 17.2 Å². The van der Waals surface area contributed by atoms with Crippen molar-refractivity contribution >= 4 is 17.5 Å². The molecule has 2 rings (SSSR count). The van der Waals surface area contributed by atoms with Gasteiger partial charge in [0.2, 0.25) is 5.95 Å². The first-order valence-electron chi connectivity index (χ1n) is 6.05. The van der Waals surface area contributed by atoms with Crippen LogP contribution >= 0.6 is 0 Å². The highest BCUT2D eigenvalue weighted by molar-refractivity contribution is 5.61. The van der Waals surface area contributed by atoms with Crippen molar-refractivity contribution in [2.24, 2.45) is 0 Å². The van der Waals surface area contributed by atoms with Gasteiger partial charge in [0.25, 0.3) is 0 Å². The van der Waals surface area contributed by atoms with Gasteiger partial charge in [0, 0.05) is 24.0 Å².